The van der Waals surface area contributed by atoms with Crippen molar-refractivity contribution in [3.63, 3.8) is 0 Å². The van der Waals surface area contributed by atoms with E-state index in [1.54, 1.807) is 4.90 Å². The van der Waals surface area contributed by atoms with E-state index in [4.69, 9.17) is 0 Å². The van der Waals surface area contributed by atoms with Gasteiger partial charge in [0.2, 0.25) is 11.8 Å². The Hall–Kier alpha value is -2.62. The number of para-hydroxylation sites is 1. The number of nitrogens with zero attached hydrogens (tertiary/aromatic N) is 1. The molecule has 0 radical (unpaired) electrons. The van der Waals surface area contributed by atoms with Crippen LogP contribution in [0, 0.1) is 5.92 Å². The zero-order chi connectivity index (χ0) is 16.1. The monoisotopic (exact) mass is 308 g/mol. The van der Waals surface area contributed by atoms with Crippen LogP contribution in [0.2, 0.25) is 0 Å². The van der Waals surface area contributed by atoms with Crippen LogP contribution in [0.4, 0.5) is 5.69 Å². The summed E-state index contributed by atoms with van der Waals surface area (Å²) in [7, 11) is 0. The fourth-order valence-corrected chi connectivity index (χ4v) is 2.84. The van der Waals surface area contributed by atoms with Crippen LogP contribution in [0.15, 0.2) is 60.7 Å². The zero-order valence-corrected chi connectivity index (χ0v) is 12.9. The molecule has 0 spiro atoms. The topological polar surface area (TPSA) is 49.4 Å². The van der Waals surface area contributed by atoms with Gasteiger partial charge in [-0.25, -0.2) is 0 Å². The summed E-state index contributed by atoms with van der Waals surface area (Å²) in [6.45, 7) is 1.17. The van der Waals surface area contributed by atoms with Gasteiger partial charge in [-0.2, -0.15) is 0 Å². The summed E-state index contributed by atoms with van der Waals surface area (Å²) < 4.78 is 0. The number of rotatable bonds is 5. The van der Waals surface area contributed by atoms with Crippen LogP contribution in [0.5, 0.6) is 0 Å². The van der Waals surface area contributed by atoms with E-state index in [0.29, 0.717) is 19.5 Å². The van der Waals surface area contributed by atoms with Crippen molar-refractivity contribution in [1.29, 1.82) is 0 Å². The van der Waals surface area contributed by atoms with Crippen molar-refractivity contribution in [2.24, 2.45) is 5.92 Å². The molecular formula is C19H20N2O2. The second kappa shape index (κ2) is 7.09. The maximum atomic E-state index is 12.3. The number of carbonyl (C=O) groups excluding carboxylic acids is 2. The summed E-state index contributed by atoms with van der Waals surface area (Å²) in [6.07, 6.45) is 1.12. The zero-order valence-electron chi connectivity index (χ0n) is 12.9. The Bertz CT molecular complexity index is 670. The molecule has 2 aromatic carbocycles. The Morgan fingerprint density at radius 3 is 2.39 bits per heavy atom. The molecule has 0 aliphatic carbocycles. The van der Waals surface area contributed by atoms with E-state index in [1.807, 2.05) is 48.5 Å². The predicted octanol–water partition coefficient (Wildman–Crippen LogP) is 2.72. The highest BCUT2D eigenvalue weighted by Gasteiger charge is 2.33. The second-order valence-electron chi connectivity index (χ2n) is 5.83. The molecule has 1 atom stereocenters. The molecule has 3 rings (SSSR count). The smallest absolute Gasteiger partial charge is 0.229 e. The molecule has 1 N–H and O–H groups in total. The third-order valence-corrected chi connectivity index (χ3v) is 4.14. The molecule has 23 heavy (non-hydrogen) atoms. The molecule has 0 unspecified atom stereocenters. The number of hydrogen-bond acceptors (Lipinski definition) is 2. The Labute approximate surface area is 136 Å². The number of nitrogens with one attached hydrogen (secondary N) is 1. The maximum Gasteiger partial charge on any atom is 0.229 e. The van der Waals surface area contributed by atoms with Crippen LogP contribution < -0.4 is 5.32 Å². The third-order valence-electron chi connectivity index (χ3n) is 4.14. The highest BCUT2D eigenvalue weighted by molar-refractivity contribution is 5.97. The molecule has 1 fully saturated rings. The van der Waals surface area contributed by atoms with Crippen molar-refractivity contribution in [1.82, 2.24) is 4.90 Å². The summed E-state index contributed by atoms with van der Waals surface area (Å²) in [6, 6.07) is 19.4. The lowest BCUT2D eigenvalue weighted by molar-refractivity contribution is -0.128. The number of amides is 2. The lowest BCUT2D eigenvalue weighted by atomic mass is 10.1. The molecule has 1 aliphatic heterocycles. The quantitative estimate of drug-likeness (QED) is 0.923. The summed E-state index contributed by atoms with van der Waals surface area (Å²) in [4.78, 5) is 26.2. The fraction of sp³-hybridized carbons (Fsp3) is 0.263. The van der Waals surface area contributed by atoms with Crippen LogP contribution in [0.25, 0.3) is 0 Å². The molecule has 4 heteroatoms. The standard InChI is InChI=1S/C19H20N2O2/c22-18-13-16(19(23)20-17-9-5-2-6-10-17)14-21(18)12-11-15-7-3-1-4-8-15/h1-10,16H,11-14H2,(H,20,23)/t16-/m0/s1. The van der Waals surface area contributed by atoms with Crippen LogP contribution >= 0.6 is 0 Å². The minimum atomic E-state index is -0.265. The number of hydrogen-bond donors (Lipinski definition) is 1. The van der Waals surface area contributed by atoms with E-state index in [0.717, 1.165) is 12.1 Å². The molecular weight excluding hydrogens is 288 g/mol. The Morgan fingerprint density at radius 2 is 1.70 bits per heavy atom. The third kappa shape index (κ3) is 3.97. The Morgan fingerprint density at radius 1 is 1.04 bits per heavy atom. The molecule has 0 bridgehead atoms. The maximum absolute atomic E-state index is 12.3. The minimum Gasteiger partial charge on any atom is -0.342 e. The molecule has 0 aromatic heterocycles. The van der Waals surface area contributed by atoms with Crippen molar-refractivity contribution in [2.75, 3.05) is 18.4 Å². The van der Waals surface area contributed by atoms with Gasteiger partial charge in [0.15, 0.2) is 0 Å². The average molecular weight is 308 g/mol. The van der Waals surface area contributed by atoms with Gasteiger partial charge in [-0.15, -0.1) is 0 Å². The summed E-state index contributed by atoms with van der Waals surface area (Å²) in [5.41, 5.74) is 1.98. The van der Waals surface area contributed by atoms with Crippen molar-refractivity contribution in [2.45, 2.75) is 12.8 Å². The van der Waals surface area contributed by atoms with Gasteiger partial charge in [-0.3, -0.25) is 9.59 Å². The van der Waals surface area contributed by atoms with E-state index in [9.17, 15) is 9.59 Å². The van der Waals surface area contributed by atoms with Gasteiger partial charge in [0, 0.05) is 25.2 Å². The number of benzene rings is 2. The van der Waals surface area contributed by atoms with Gasteiger partial charge < -0.3 is 10.2 Å². The molecule has 2 aromatic rings. The van der Waals surface area contributed by atoms with E-state index >= 15 is 0 Å². The molecule has 118 valence electrons. The van der Waals surface area contributed by atoms with E-state index in [2.05, 4.69) is 17.4 Å². The fourth-order valence-electron chi connectivity index (χ4n) is 2.84. The van der Waals surface area contributed by atoms with Gasteiger partial charge in [-0.1, -0.05) is 48.5 Å². The normalized spacial score (nSPS) is 17.3. The van der Waals surface area contributed by atoms with E-state index < -0.39 is 0 Å². The highest BCUT2D eigenvalue weighted by Crippen LogP contribution is 2.20. The van der Waals surface area contributed by atoms with Gasteiger partial charge in [0.25, 0.3) is 0 Å². The predicted molar refractivity (Wildman–Crippen MR) is 89.9 cm³/mol. The molecule has 4 nitrogen and oxygen atoms in total. The number of anilines is 1. The molecule has 0 saturated carbocycles. The molecule has 1 saturated heterocycles. The first-order chi connectivity index (χ1) is 11.2. The lowest BCUT2D eigenvalue weighted by Gasteiger charge is -2.16. The van der Waals surface area contributed by atoms with Crippen LogP contribution in [0.3, 0.4) is 0 Å². The van der Waals surface area contributed by atoms with Crippen molar-refractivity contribution < 1.29 is 9.59 Å². The van der Waals surface area contributed by atoms with Gasteiger partial charge >= 0.3 is 0 Å². The van der Waals surface area contributed by atoms with Gasteiger partial charge in [-0.05, 0) is 24.1 Å². The van der Waals surface area contributed by atoms with Gasteiger partial charge in [0.05, 0.1) is 5.92 Å². The average Bonchev–Trinajstić information content (AvgIpc) is 2.96. The second-order valence-corrected chi connectivity index (χ2v) is 5.83. The van der Waals surface area contributed by atoms with E-state index in [1.165, 1.54) is 5.56 Å². The SMILES string of the molecule is O=C(Nc1ccccc1)[C@H]1CC(=O)N(CCc2ccccc2)C1. The summed E-state index contributed by atoms with van der Waals surface area (Å²) >= 11 is 0. The van der Waals surface area contributed by atoms with Gasteiger partial charge in [0.1, 0.15) is 0 Å². The van der Waals surface area contributed by atoms with Crippen molar-refractivity contribution in [3.05, 3.63) is 66.2 Å². The first-order valence-corrected chi connectivity index (χ1v) is 7.90. The molecule has 2 amide bonds. The summed E-state index contributed by atoms with van der Waals surface area (Å²) in [5, 5.41) is 2.88. The molecule has 1 aliphatic rings. The Balaban J connectivity index is 1.53. The van der Waals surface area contributed by atoms with Crippen molar-refractivity contribution >= 4 is 17.5 Å². The molecule has 1 heterocycles. The highest BCUT2D eigenvalue weighted by atomic mass is 16.2. The number of likely N-dealkylation sites (tertiary alicyclic amines) is 1. The first kappa shape index (κ1) is 15.3. The first-order valence-electron chi connectivity index (χ1n) is 7.90. The van der Waals surface area contributed by atoms with Crippen LogP contribution in [-0.4, -0.2) is 29.8 Å². The number of carbonyl (C=O) groups is 2. The Kier molecular flexibility index (Phi) is 4.71. The lowest BCUT2D eigenvalue weighted by Crippen LogP contribution is -2.30. The minimum absolute atomic E-state index is 0.0640. The summed E-state index contributed by atoms with van der Waals surface area (Å²) in [5.74, 6) is -0.278. The van der Waals surface area contributed by atoms with Crippen LogP contribution in [-0.2, 0) is 16.0 Å². The largest absolute Gasteiger partial charge is 0.342 e. The van der Waals surface area contributed by atoms with E-state index in [-0.39, 0.29) is 17.7 Å². The van der Waals surface area contributed by atoms with Crippen LogP contribution in [0.1, 0.15) is 12.0 Å². The van der Waals surface area contributed by atoms with Crippen molar-refractivity contribution in [3.8, 4) is 0 Å².